The van der Waals surface area contributed by atoms with Gasteiger partial charge in [0.2, 0.25) is 0 Å². The lowest BCUT2D eigenvalue weighted by Crippen LogP contribution is -2.38. The van der Waals surface area contributed by atoms with Gasteiger partial charge in [0.1, 0.15) is 10.8 Å². The third kappa shape index (κ3) is 4.20. The number of amides is 1. The molecule has 134 valence electrons. The van der Waals surface area contributed by atoms with Gasteiger partial charge in [-0.25, -0.2) is 10.9 Å². The molecule has 3 N–H and O–H groups in total. The molecule has 0 saturated heterocycles. The van der Waals surface area contributed by atoms with Crippen LogP contribution in [-0.2, 0) is 4.79 Å². The summed E-state index contributed by atoms with van der Waals surface area (Å²) in [6.07, 6.45) is 1.15. The van der Waals surface area contributed by atoms with E-state index in [1.807, 2.05) is 0 Å². The van der Waals surface area contributed by atoms with Crippen molar-refractivity contribution in [3.63, 3.8) is 0 Å². The van der Waals surface area contributed by atoms with Crippen LogP contribution in [0.2, 0.25) is 10.0 Å². The average Bonchev–Trinajstić information content (AvgIpc) is 2.60. The number of hydrazine groups is 1. The molecule has 0 unspecified atom stereocenters. The third-order valence-corrected chi connectivity index (χ3v) is 3.99. The Morgan fingerprint density at radius 1 is 1.23 bits per heavy atom. The Kier molecular flexibility index (Phi) is 5.99. The first-order valence-corrected chi connectivity index (χ1v) is 7.85. The Balaban J connectivity index is 2.51. The molecular formula is C17H13Cl2N3O4. The van der Waals surface area contributed by atoms with Crippen molar-refractivity contribution in [2.75, 3.05) is 5.01 Å². The standard InChI is InChI=1S/C17H13Cl2N3O4/c1-10(23)13(17(24)21(20)12-5-3-2-4-6-12)7-11-8-16(22(25)26)15(19)9-14(11)18/h2-9,23H,1,20H2/b13-7+. The maximum absolute atomic E-state index is 12.6. The number of para-hydroxylation sites is 1. The lowest BCUT2D eigenvalue weighted by molar-refractivity contribution is -0.384. The number of hydrogen-bond acceptors (Lipinski definition) is 5. The second-order valence-corrected chi connectivity index (χ2v) is 5.91. The molecule has 1 amide bonds. The molecule has 2 rings (SSSR count). The topological polar surface area (TPSA) is 110 Å². The molecule has 0 aliphatic rings. The van der Waals surface area contributed by atoms with Crippen LogP contribution in [0.25, 0.3) is 6.08 Å². The van der Waals surface area contributed by atoms with Crippen LogP contribution in [0.3, 0.4) is 0 Å². The van der Waals surface area contributed by atoms with Gasteiger partial charge in [-0.05, 0) is 24.3 Å². The molecule has 0 heterocycles. The van der Waals surface area contributed by atoms with E-state index < -0.39 is 22.3 Å². The first-order valence-electron chi connectivity index (χ1n) is 7.10. The van der Waals surface area contributed by atoms with E-state index in [0.29, 0.717) is 5.69 Å². The number of nitrogens with zero attached hydrogens (tertiary/aromatic N) is 2. The highest BCUT2D eigenvalue weighted by molar-refractivity contribution is 6.37. The lowest BCUT2D eigenvalue weighted by atomic mass is 10.1. The Morgan fingerprint density at radius 2 is 1.85 bits per heavy atom. The van der Waals surface area contributed by atoms with E-state index in [9.17, 15) is 20.0 Å². The number of halogens is 2. The molecular weight excluding hydrogens is 381 g/mol. The Labute approximate surface area is 158 Å². The monoisotopic (exact) mass is 393 g/mol. The quantitative estimate of drug-likeness (QED) is 0.150. The highest BCUT2D eigenvalue weighted by atomic mass is 35.5. The minimum Gasteiger partial charge on any atom is -0.508 e. The van der Waals surface area contributed by atoms with Gasteiger partial charge in [-0.1, -0.05) is 48.0 Å². The number of aliphatic hydroxyl groups is 1. The molecule has 9 heteroatoms. The predicted molar refractivity (Wildman–Crippen MR) is 101 cm³/mol. The van der Waals surface area contributed by atoms with Gasteiger partial charge in [0, 0.05) is 16.7 Å². The van der Waals surface area contributed by atoms with Gasteiger partial charge in [0.05, 0.1) is 16.2 Å². The maximum Gasteiger partial charge on any atom is 0.288 e. The number of carbonyl (C=O) groups excluding carboxylic acids is 1. The fourth-order valence-corrected chi connectivity index (χ4v) is 2.57. The van der Waals surface area contributed by atoms with Crippen LogP contribution in [0.15, 0.2) is 60.4 Å². The molecule has 0 spiro atoms. The molecule has 0 aromatic heterocycles. The highest BCUT2D eigenvalue weighted by Crippen LogP contribution is 2.32. The zero-order valence-corrected chi connectivity index (χ0v) is 14.7. The molecule has 7 nitrogen and oxygen atoms in total. The summed E-state index contributed by atoms with van der Waals surface area (Å²) in [4.78, 5) is 22.9. The van der Waals surface area contributed by atoms with E-state index in [4.69, 9.17) is 29.0 Å². The van der Waals surface area contributed by atoms with E-state index in [-0.39, 0.29) is 21.2 Å². The third-order valence-electron chi connectivity index (χ3n) is 3.36. The summed E-state index contributed by atoms with van der Waals surface area (Å²) in [5.74, 6) is 4.45. The van der Waals surface area contributed by atoms with E-state index >= 15 is 0 Å². The van der Waals surface area contributed by atoms with Gasteiger partial charge in [0.25, 0.3) is 11.6 Å². The highest BCUT2D eigenvalue weighted by Gasteiger charge is 2.21. The largest absolute Gasteiger partial charge is 0.508 e. The molecule has 0 fully saturated rings. The van der Waals surface area contributed by atoms with Gasteiger partial charge in [-0.15, -0.1) is 0 Å². The Hall–Kier alpha value is -2.87. The van der Waals surface area contributed by atoms with Crippen LogP contribution in [0.4, 0.5) is 11.4 Å². The summed E-state index contributed by atoms with van der Waals surface area (Å²) >= 11 is 11.8. The number of anilines is 1. The van der Waals surface area contributed by atoms with Gasteiger partial charge in [0.15, 0.2) is 0 Å². The number of carbonyl (C=O) groups is 1. The van der Waals surface area contributed by atoms with Crippen LogP contribution >= 0.6 is 23.2 Å². The van der Waals surface area contributed by atoms with Crippen molar-refractivity contribution in [3.8, 4) is 0 Å². The van der Waals surface area contributed by atoms with Crippen LogP contribution in [0.1, 0.15) is 5.56 Å². The summed E-state index contributed by atoms with van der Waals surface area (Å²) in [5.41, 5.74) is -0.208. The summed E-state index contributed by atoms with van der Waals surface area (Å²) in [5, 5.41) is 21.5. The number of nitro groups is 1. The predicted octanol–water partition coefficient (Wildman–Crippen LogP) is 4.26. The number of aliphatic hydroxyl groups excluding tert-OH is 1. The minimum absolute atomic E-state index is 0.0513. The maximum atomic E-state index is 12.6. The Bertz CT molecular complexity index is 914. The SMILES string of the molecule is C=C(O)/C(=C\c1cc([N+](=O)[O-])c(Cl)cc1Cl)C(=O)N(N)c1ccccc1. The average molecular weight is 394 g/mol. The van der Waals surface area contributed by atoms with Crippen molar-refractivity contribution < 1.29 is 14.8 Å². The molecule has 2 aromatic rings. The van der Waals surface area contributed by atoms with Crippen molar-refractivity contribution in [2.45, 2.75) is 0 Å². The van der Waals surface area contributed by atoms with Gasteiger partial charge in [-0.3, -0.25) is 14.9 Å². The zero-order valence-electron chi connectivity index (χ0n) is 13.2. The van der Waals surface area contributed by atoms with Crippen LogP contribution in [0.5, 0.6) is 0 Å². The molecule has 0 atom stereocenters. The zero-order chi connectivity index (χ0) is 19.4. The van der Waals surface area contributed by atoms with E-state index in [1.54, 1.807) is 30.3 Å². The van der Waals surface area contributed by atoms with Crippen molar-refractivity contribution in [1.29, 1.82) is 0 Å². The van der Waals surface area contributed by atoms with Crippen LogP contribution in [-0.4, -0.2) is 15.9 Å². The number of nitrogens with two attached hydrogens (primary N) is 1. The number of hydrogen-bond donors (Lipinski definition) is 2. The van der Waals surface area contributed by atoms with Crippen LogP contribution < -0.4 is 10.9 Å². The van der Waals surface area contributed by atoms with E-state index in [1.165, 1.54) is 6.07 Å². The number of benzene rings is 2. The van der Waals surface area contributed by atoms with Crippen molar-refractivity contribution in [2.24, 2.45) is 5.84 Å². The summed E-state index contributed by atoms with van der Waals surface area (Å²) in [6.45, 7) is 3.33. The molecule has 0 saturated carbocycles. The summed E-state index contributed by atoms with van der Waals surface area (Å²) in [6, 6.07) is 10.6. The summed E-state index contributed by atoms with van der Waals surface area (Å²) < 4.78 is 0. The molecule has 26 heavy (non-hydrogen) atoms. The fourth-order valence-electron chi connectivity index (χ4n) is 2.06. The first-order chi connectivity index (χ1) is 12.2. The number of rotatable bonds is 5. The van der Waals surface area contributed by atoms with Crippen molar-refractivity contribution in [3.05, 3.63) is 86.1 Å². The van der Waals surface area contributed by atoms with E-state index in [0.717, 1.165) is 17.2 Å². The first kappa shape index (κ1) is 19.5. The second-order valence-electron chi connectivity index (χ2n) is 5.10. The van der Waals surface area contributed by atoms with Gasteiger partial charge < -0.3 is 5.11 Å². The lowest BCUT2D eigenvalue weighted by Gasteiger charge is -2.18. The molecule has 0 bridgehead atoms. The van der Waals surface area contributed by atoms with Crippen molar-refractivity contribution in [1.82, 2.24) is 0 Å². The molecule has 0 aliphatic carbocycles. The molecule has 0 aliphatic heterocycles. The smallest absolute Gasteiger partial charge is 0.288 e. The molecule has 2 aromatic carbocycles. The molecule has 0 radical (unpaired) electrons. The minimum atomic E-state index is -0.780. The van der Waals surface area contributed by atoms with Gasteiger partial charge >= 0.3 is 0 Å². The normalized spacial score (nSPS) is 11.1. The fraction of sp³-hybridized carbons (Fsp3) is 0. The van der Waals surface area contributed by atoms with E-state index in [2.05, 4.69) is 6.58 Å². The Morgan fingerprint density at radius 3 is 2.38 bits per heavy atom. The van der Waals surface area contributed by atoms with Crippen LogP contribution in [0, 0.1) is 10.1 Å². The van der Waals surface area contributed by atoms with Gasteiger partial charge in [-0.2, -0.15) is 0 Å². The van der Waals surface area contributed by atoms with Crippen molar-refractivity contribution >= 4 is 46.6 Å². The summed E-state index contributed by atoms with van der Waals surface area (Å²) in [7, 11) is 0. The second kappa shape index (κ2) is 8.01. The number of nitro benzene ring substituents is 1.